The molecular weight excluding hydrogens is 448 g/mol. The number of aryl methyl sites for hydroxylation is 1. The van der Waals surface area contributed by atoms with Gasteiger partial charge in [-0.25, -0.2) is 14.8 Å². The van der Waals surface area contributed by atoms with Gasteiger partial charge in [-0.05, 0) is 48.1 Å². The third kappa shape index (κ3) is 8.47. The number of hydrogen-bond acceptors (Lipinski definition) is 5. The van der Waals surface area contributed by atoms with Crippen LogP contribution >= 0.6 is 0 Å². The van der Waals surface area contributed by atoms with E-state index in [1.165, 1.54) is 32.1 Å². The number of benzene rings is 2. The molecule has 5 nitrogen and oxygen atoms in total. The minimum Gasteiger partial charge on any atom is -0.494 e. The molecule has 1 aromatic heterocycles. The van der Waals surface area contributed by atoms with Gasteiger partial charge in [0, 0.05) is 18.8 Å². The van der Waals surface area contributed by atoms with Gasteiger partial charge < -0.3 is 9.47 Å². The van der Waals surface area contributed by atoms with Crippen LogP contribution in [0.4, 0.5) is 0 Å². The van der Waals surface area contributed by atoms with Gasteiger partial charge >= 0.3 is 5.97 Å². The highest BCUT2D eigenvalue weighted by molar-refractivity contribution is 5.88. The maximum atomic E-state index is 12.7. The van der Waals surface area contributed by atoms with E-state index in [9.17, 15) is 4.79 Å². The van der Waals surface area contributed by atoms with Crippen molar-refractivity contribution in [2.75, 3.05) is 6.61 Å². The van der Waals surface area contributed by atoms with E-state index in [0.717, 1.165) is 54.1 Å². The van der Waals surface area contributed by atoms with Crippen LogP contribution < -0.4 is 4.74 Å². The second-order valence-corrected chi connectivity index (χ2v) is 9.20. The van der Waals surface area contributed by atoms with Crippen LogP contribution in [-0.2, 0) is 11.2 Å². The summed E-state index contributed by atoms with van der Waals surface area (Å²) >= 11 is 0. The van der Waals surface area contributed by atoms with E-state index in [4.69, 9.17) is 9.47 Å². The summed E-state index contributed by atoms with van der Waals surface area (Å²) < 4.78 is 11.6. The third-order valence-electron chi connectivity index (χ3n) is 6.30. The van der Waals surface area contributed by atoms with E-state index in [1.54, 1.807) is 12.4 Å². The van der Waals surface area contributed by atoms with Crippen molar-refractivity contribution in [1.29, 1.82) is 0 Å². The van der Waals surface area contributed by atoms with E-state index >= 15 is 0 Å². The first-order chi connectivity index (χ1) is 17.6. The highest BCUT2D eigenvalue weighted by Gasteiger charge is 2.17. The van der Waals surface area contributed by atoms with Crippen LogP contribution in [0.2, 0.25) is 0 Å². The Morgan fingerprint density at radius 3 is 2.00 bits per heavy atom. The molecule has 0 spiro atoms. The van der Waals surface area contributed by atoms with Crippen LogP contribution in [-0.4, -0.2) is 22.5 Å². The smallest absolute Gasteiger partial charge is 0.341 e. The van der Waals surface area contributed by atoms with Gasteiger partial charge in [-0.2, -0.15) is 0 Å². The van der Waals surface area contributed by atoms with Crippen LogP contribution in [0.15, 0.2) is 60.9 Å². The predicted molar refractivity (Wildman–Crippen MR) is 145 cm³/mol. The number of carbonyl (C=O) groups is 1. The fourth-order valence-corrected chi connectivity index (χ4v) is 4.06. The fourth-order valence-electron chi connectivity index (χ4n) is 4.06. The summed E-state index contributed by atoms with van der Waals surface area (Å²) in [5.41, 5.74) is 3.60. The lowest BCUT2D eigenvalue weighted by molar-refractivity contribution is 0.0287. The summed E-state index contributed by atoms with van der Waals surface area (Å²) in [5, 5.41) is 0. The van der Waals surface area contributed by atoms with Gasteiger partial charge in [0.1, 0.15) is 17.7 Å². The zero-order valence-electron chi connectivity index (χ0n) is 22.0. The number of nitrogens with zero attached hydrogens (tertiary/aromatic N) is 2. The Bertz CT molecular complexity index is 1030. The van der Waals surface area contributed by atoms with Crippen molar-refractivity contribution in [3.05, 3.63) is 77.9 Å². The monoisotopic (exact) mass is 488 g/mol. The number of ether oxygens (including phenoxy) is 2. The zero-order valence-corrected chi connectivity index (χ0v) is 22.0. The van der Waals surface area contributed by atoms with Crippen LogP contribution in [0.3, 0.4) is 0 Å². The Balaban J connectivity index is 1.55. The number of esters is 1. The van der Waals surface area contributed by atoms with Crippen molar-refractivity contribution in [3.8, 4) is 16.9 Å². The lowest BCUT2D eigenvalue weighted by atomic mass is 10.0. The van der Waals surface area contributed by atoms with E-state index < -0.39 is 5.97 Å². The largest absolute Gasteiger partial charge is 0.494 e. The van der Waals surface area contributed by atoms with Crippen LogP contribution in [0.1, 0.15) is 100.0 Å². The first-order valence-electron chi connectivity index (χ1n) is 13.5. The standard InChI is InChI=1S/C31H40N2O3/c1-4-7-9-10-12-30-32-22-27(23-33-30)31(34)36-29(6-3)26-15-13-24(14-16-26)25-17-19-28(20-18-25)35-21-11-8-5-2/h13-20,22-23,29H,4-12,21H2,1-3H3. The Morgan fingerprint density at radius 2 is 1.39 bits per heavy atom. The van der Waals surface area contributed by atoms with E-state index in [0.29, 0.717) is 12.0 Å². The van der Waals surface area contributed by atoms with Gasteiger partial charge in [-0.1, -0.05) is 89.3 Å². The molecular formula is C31H40N2O3. The van der Waals surface area contributed by atoms with Gasteiger partial charge in [0.15, 0.2) is 0 Å². The molecule has 0 radical (unpaired) electrons. The molecule has 0 aliphatic rings. The molecule has 2 aromatic carbocycles. The SMILES string of the molecule is CCCCCCc1ncc(C(=O)OC(CC)c2ccc(-c3ccc(OCCCCC)cc3)cc2)cn1. The molecule has 0 aliphatic carbocycles. The van der Waals surface area contributed by atoms with E-state index in [1.807, 2.05) is 31.2 Å². The summed E-state index contributed by atoms with van der Waals surface area (Å²) in [6, 6.07) is 16.4. The lowest BCUT2D eigenvalue weighted by Gasteiger charge is -2.17. The van der Waals surface area contributed by atoms with Crippen molar-refractivity contribution in [2.24, 2.45) is 0 Å². The lowest BCUT2D eigenvalue weighted by Crippen LogP contribution is -2.12. The van der Waals surface area contributed by atoms with Gasteiger partial charge in [-0.15, -0.1) is 0 Å². The topological polar surface area (TPSA) is 61.3 Å². The van der Waals surface area contributed by atoms with Crippen LogP contribution in [0, 0.1) is 0 Å². The Morgan fingerprint density at radius 1 is 0.778 bits per heavy atom. The molecule has 1 atom stereocenters. The molecule has 0 bridgehead atoms. The molecule has 36 heavy (non-hydrogen) atoms. The molecule has 0 aliphatic heterocycles. The van der Waals surface area contributed by atoms with Gasteiger partial charge in [0.25, 0.3) is 0 Å². The molecule has 3 aromatic rings. The fraction of sp³-hybridized carbons (Fsp3) is 0.452. The molecule has 0 saturated heterocycles. The minimum atomic E-state index is -0.391. The van der Waals surface area contributed by atoms with Crippen molar-refractivity contribution in [1.82, 2.24) is 9.97 Å². The first kappa shape index (κ1) is 27.4. The highest BCUT2D eigenvalue weighted by Crippen LogP contribution is 2.27. The molecule has 5 heteroatoms. The quantitative estimate of drug-likeness (QED) is 0.160. The molecule has 0 fully saturated rings. The molecule has 3 rings (SSSR count). The third-order valence-corrected chi connectivity index (χ3v) is 6.30. The van der Waals surface area contributed by atoms with Crippen molar-refractivity contribution >= 4 is 5.97 Å². The van der Waals surface area contributed by atoms with Crippen molar-refractivity contribution in [3.63, 3.8) is 0 Å². The maximum absolute atomic E-state index is 12.7. The normalized spacial score (nSPS) is 11.8. The Labute approximate surface area is 216 Å². The predicted octanol–water partition coefficient (Wildman–Crippen LogP) is 8.14. The van der Waals surface area contributed by atoms with Crippen LogP contribution in [0.5, 0.6) is 5.75 Å². The molecule has 0 N–H and O–H groups in total. The average Bonchev–Trinajstić information content (AvgIpc) is 2.93. The summed E-state index contributed by atoms with van der Waals surface area (Å²) in [5.74, 6) is 1.29. The van der Waals surface area contributed by atoms with Crippen LogP contribution in [0.25, 0.3) is 11.1 Å². The van der Waals surface area contributed by atoms with Gasteiger partial charge in [0.2, 0.25) is 0 Å². The highest BCUT2D eigenvalue weighted by atomic mass is 16.5. The summed E-state index contributed by atoms with van der Waals surface area (Å²) in [6.07, 6.45) is 12.5. The van der Waals surface area contributed by atoms with Gasteiger partial charge in [-0.3, -0.25) is 0 Å². The maximum Gasteiger partial charge on any atom is 0.341 e. The second kappa shape index (κ2) is 15.0. The summed E-state index contributed by atoms with van der Waals surface area (Å²) in [6.45, 7) is 7.16. The number of carbonyl (C=O) groups excluding carboxylic acids is 1. The average molecular weight is 489 g/mol. The van der Waals surface area contributed by atoms with E-state index in [2.05, 4.69) is 48.1 Å². The second-order valence-electron chi connectivity index (χ2n) is 9.20. The zero-order chi connectivity index (χ0) is 25.6. The summed E-state index contributed by atoms with van der Waals surface area (Å²) in [4.78, 5) is 21.4. The van der Waals surface area contributed by atoms with Gasteiger partial charge in [0.05, 0.1) is 12.2 Å². The van der Waals surface area contributed by atoms with E-state index in [-0.39, 0.29) is 6.10 Å². The number of aromatic nitrogens is 2. The molecule has 192 valence electrons. The number of unbranched alkanes of at least 4 members (excludes halogenated alkanes) is 5. The molecule has 1 heterocycles. The number of hydrogen-bond donors (Lipinski definition) is 0. The minimum absolute atomic E-state index is 0.320. The molecule has 1 unspecified atom stereocenters. The van der Waals surface area contributed by atoms with Crippen molar-refractivity contribution < 1.29 is 14.3 Å². The molecule has 0 amide bonds. The van der Waals surface area contributed by atoms with Crippen molar-refractivity contribution in [2.45, 2.75) is 84.7 Å². The number of rotatable bonds is 15. The summed E-state index contributed by atoms with van der Waals surface area (Å²) in [7, 11) is 0. The Kier molecular flexibility index (Phi) is 11.4. The molecule has 0 saturated carbocycles. The Hall–Kier alpha value is -3.21. The first-order valence-corrected chi connectivity index (χ1v) is 13.5.